The minimum Gasteiger partial charge on any atom is -0.379 e. The van der Waals surface area contributed by atoms with Crippen LogP contribution in [0.5, 0.6) is 0 Å². The Labute approximate surface area is 152 Å². The van der Waals surface area contributed by atoms with Gasteiger partial charge >= 0.3 is 0 Å². The third kappa shape index (κ3) is 4.11. The van der Waals surface area contributed by atoms with Crippen LogP contribution < -0.4 is 5.32 Å². The zero-order valence-corrected chi connectivity index (χ0v) is 15.6. The fourth-order valence-electron chi connectivity index (χ4n) is 3.37. The van der Waals surface area contributed by atoms with Crippen LogP contribution in [-0.2, 0) is 11.3 Å². The maximum Gasteiger partial charge on any atom is 0.151 e. The van der Waals surface area contributed by atoms with Gasteiger partial charge in [-0.15, -0.1) is 0 Å². The van der Waals surface area contributed by atoms with E-state index in [9.17, 15) is 8.78 Å². The van der Waals surface area contributed by atoms with Gasteiger partial charge in [0.15, 0.2) is 5.82 Å². The summed E-state index contributed by atoms with van der Waals surface area (Å²) in [5.41, 5.74) is 3.01. The number of hydrogen-bond acceptors (Lipinski definition) is 4. The number of morpholine rings is 1. The van der Waals surface area contributed by atoms with E-state index in [0.29, 0.717) is 12.6 Å². The first-order valence-electron chi connectivity index (χ1n) is 9.00. The Balaban J connectivity index is 1.66. The Morgan fingerprint density at radius 3 is 2.65 bits per heavy atom. The largest absolute Gasteiger partial charge is 0.379 e. The number of halogens is 2. The monoisotopic (exact) mass is 364 g/mol. The van der Waals surface area contributed by atoms with Crippen molar-refractivity contribution >= 4 is 0 Å². The molecule has 1 N–H and O–H groups in total. The van der Waals surface area contributed by atoms with E-state index in [4.69, 9.17) is 4.74 Å². The van der Waals surface area contributed by atoms with Gasteiger partial charge < -0.3 is 10.1 Å². The molecule has 0 saturated carbocycles. The van der Waals surface area contributed by atoms with Crippen LogP contribution in [0.4, 0.5) is 8.78 Å². The molecule has 3 rings (SSSR count). The maximum atomic E-state index is 14.1. The van der Waals surface area contributed by atoms with Crippen LogP contribution in [0.3, 0.4) is 0 Å². The van der Waals surface area contributed by atoms with E-state index in [2.05, 4.69) is 22.2 Å². The average molecular weight is 364 g/mol. The van der Waals surface area contributed by atoms with Crippen LogP contribution in [0.15, 0.2) is 18.2 Å². The average Bonchev–Trinajstić information content (AvgIpc) is 2.90. The van der Waals surface area contributed by atoms with Gasteiger partial charge in [0, 0.05) is 49.5 Å². The number of rotatable bonds is 6. The van der Waals surface area contributed by atoms with Gasteiger partial charge in [-0.2, -0.15) is 5.10 Å². The molecule has 5 nitrogen and oxygen atoms in total. The molecule has 26 heavy (non-hydrogen) atoms. The number of hydrogen-bond donors (Lipinski definition) is 1. The molecule has 0 radical (unpaired) electrons. The Bertz CT molecular complexity index is 756. The highest BCUT2D eigenvalue weighted by Gasteiger charge is 2.18. The summed E-state index contributed by atoms with van der Waals surface area (Å²) in [5.74, 6) is -1.21. The third-order valence-electron chi connectivity index (χ3n) is 4.99. The fraction of sp³-hybridized carbons (Fsp3) is 0.526. The molecule has 1 aromatic heterocycles. The third-order valence-corrected chi connectivity index (χ3v) is 4.99. The predicted molar refractivity (Wildman–Crippen MR) is 96.5 cm³/mol. The molecular formula is C19H26F2N4O. The molecule has 1 aliphatic rings. The predicted octanol–water partition coefficient (Wildman–Crippen LogP) is 2.58. The second kappa shape index (κ2) is 8.24. The Kier molecular flexibility index (Phi) is 6.01. The summed E-state index contributed by atoms with van der Waals surface area (Å²) in [7, 11) is 0. The van der Waals surface area contributed by atoms with Crippen LogP contribution in [0.25, 0.3) is 5.69 Å². The highest BCUT2D eigenvalue weighted by molar-refractivity contribution is 5.38. The van der Waals surface area contributed by atoms with Crippen molar-refractivity contribution in [1.29, 1.82) is 0 Å². The van der Waals surface area contributed by atoms with Gasteiger partial charge in [-0.3, -0.25) is 4.90 Å². The lowest BCUT2D eigenvalue weighted by Gasteiger charge is -2.32. The summed E-state index contributed by atoms with van der Waals surface area (Å²) >= 11 is 0. The molecule has 1 saturated heterocycles. The molecule has 1 unspecified atom stereocenters. The molecule has 0 aliphatic carbocycles. The molecule has 0 bridgehead atoms. The minimum atomic E-state index is -0.615. The number of aromatic nitrogens is 2. The lowest BCUT2D eigenvalue weighted by atomic mass is 10.2. The van der Waals surface area contributed by atoms with Crippen LogP contribution >= 0.6 is 0 Å². The zero-order valence-electron chi connectivity index (χ0n) is 15.6. The number of aryl methyl sites for hydroxylation is 1. The smallest absolute Gasteiger partial charge is 0.151 e. The highest BCUT2D eigenvalue weighted by atomic mass is 19.1. The van der Waals surface area contributed by atoms with E-state index in [1.807, 2.05) is 13.8 Å². The van der Waals surface area contributed by atoms with Crippen molar-refractivity contribution in [2.75, 3.05) is 32.8 Å². The molecule has 1 aliphatic heterocycles. The minimum absolute atomic E-state index is 0.264. The first-order valence-corrected chi connectivity index (χ1v) is 9.00. The summed E-state index contributed by atoms with van der Waals surface area (Å²) in [5, 5.41) is 7.93. The number of benzene rings is 1. The van der Waals surface area contributed by atoms with Crippen molar-refractivity contribution in [3.63, 3.8) is 0 Å². The van der Waals surface area contributed by atoms with E-state index < -0.39 is 11.6 Å². The normalized spacial score (nSPS) is 16.8. The molecule has 2 aromatic rings. The molecule has 0 spiro atoms. The summed E-state index contributed by atoms with van der Waals surface area (Å²) in [4.78, 5) is 2.41. The van der Waals surface area contributed by atoms with Crippen LogP contribution in [-0.4, -0.2) is 53.6 Å². The van der Waals surface area contributed by atoms with Gasteiger partial charge in [-0.25, -0.2) is 13.5 Å². The van der Waals surface area contributed by atoms with E-state index >= 15 is 0 Å². The van der Waals surface area contributed by atoms with Crippen molar-refractivity contribution in [2.45, 2.75) is 33.4 Å². The van der Waals surface area contributed by atoms with Crippen molar-refractivity contribution in [3.8, 4) is 5.69 Å². The van der Waals surface area contributed by atoms with Crippen molar-refractivity contribution < 1.29 is 13.5 Å². The quantitative estimate of drug-likeness (QED) is 0.856. The van der Waals surface area contributed by atoms with Crippen LogP contribution in [0.2, 0.25) is 0 Å². The standard InChI is InChI=1S/C19H26F2N4O/c1-13(24-6-8-26-9-7-24)11-22-12-17-14(2)23-25(15(17)3)19-5-4-16(20)10-18(19)21/h4-5,10,13,22H,6-9,11-12H2,1-3H3. The fourth-order valence-corrected chi connectivity index (χ4v) is 3.37. The summed E-state index contributed by atoms with van der Waals surface area (Å²) in [6.07, 6.45) is 0. The second-order valence-electron chi connectivity index (χ2n) is 6.79. The Morgan fingerprint density at radius 1 is 1.23 bits per heavy atom. The van der Waals surface area contributed by atoms with Gasteiger partial charge in [-0.05, 0) is 32.9 Å². The van der Waals surface area contributed by atoms with Crippen molar-refractivity contribution in [3.05, 3.63) is 46.8 Å². The van der Waals surface area contributed by atoms with Crippen molar-refractivity contribution in [2.24, 2.45) is 0 Å². The molecular weight excluding hydrogens is 338 g/mol. The van der Waals surface area contributed by atoms with Gasteiger partial charge in [0.25, 0.3) is 0 Å². The summed E-state index contributed by atoms with van der Waals surface area (Å²) in [6.45, 7) is 11.0. The van der Waals surface area contributed by atoms with E-state index in [0.717, 1.165) is 55.9 Å². The molecule has 2 heterocycles. The van der Waals surface area contributed by atoms with Crippen molar-refractivity contribution in [1.82, 2.24) is 20.0 Å². The first-order chi connectivity index (χ1) is 12.5. The van der Waals surface area contributed by atoms with Gasteiger partial charge in [0.1, 0.15) is 11.5 Å². The van der Waals surface area contributed by atoms with Gasteiger partial charge in [0.2, 0.25) is 0 Å². The second-order valence-corrected chi connectivity index (χ2v) is 6.79. The van der Waals surface area contributed by atoms with E-state index in [1.54, 1.807) is 4.68 Å². The number of nitrogens with one attached hydrogen (secondary N) is 1. The molecule has 7 heteroatoms. The molecule has 0 amide bonds. The molecule has 1 atom stereocenters. The maximum absolute atomic E-state index is 14.1. The van der Waals surface area contributed by atoms with Gasteiger partial charge in [0.05, 0.1) is 18.9 Å². The lowest BCUT2D eigenvalue weighted by Crippen LogP contribution is -2.46. The topological polar surface area (TPSA) is 42.3 Å². The molecule has 1 fully saturated rings. The SMILES string of the molecule is Cc1nn(-c2ccc(F)cc2F)c(C)c1CNCC(C)N1CCOCC1. The Morgan fingerprint density at radius 2 is 1.96 bits per heavy atom. The highest BCUT2D eigenvalue weighted by Crippen LogP contribution is 2.20. The molecule has 1 aromatic carbocycles. The zero-order chi connectivity index (χ0) is 18.7. The van der Waals surface area contributed by atoms with E-state index in [1.165, 1.54) is 12.1 Å². The molecule has 142 valence electrons. The first kappa shape index (κ1) is 18.9. The summed E-state index contributed by atoms with van der Waals surface area (Å²) in [6, 6.07) is 3.97. The van der Waals surface area contributed by atoms with Gasteiger partial charge in [-0.1, -0.05) is 0 Å². The lowest BCUT2D eigenvalue weighted by molar-refractivity contribution is 0.0203. The number of nitrogens with zero attached hydrogens (tertiary/aromatic N) is 3. The van der Waals surface area contributed by atoms with Crippen LogP contribution in [0.1, 0.15) is 23.9 Å². The van der Waals surface area contributed by atoms with Crippen LogP contribution in [0, 0.1) is 25.5 Å². The number of ether oxygens (including phenoxy) is 1. The van der Waals surface area contributed by atoms with E-state index in [-0.39, 0.29) is 5.69 Å². The Hall–Kier alpha value is -1.83. The summed E-state index contributed by atoms with van der Waals surface area (Å²) < 4.78 is 34.2.